The number of amides is 1. The third kappa shape index (κ3) is 5.63. The summed E-state index contributed by atoms with van der Waals surface area (Å²) in [5.74, 6) is -2.67. The zero-order valence-electron chi connectivity index (χ0n) is 12.5. The van der Waals surface area contributed by atoms with Crippen LogP contribution in [0.15, 0.2) is 24.3 Å². The molecule has 0 radical (unpaired) electrons. The van der Waals surface area contributed by atoms with Crippen molar-refractivity contribution in [2.75, 3.05) is 18.8 Å². The molecule has 2 aromatic rings. The molecule has 0 aliphatic carbocycles. The lowest BCUT2D eigenvalue weighted by molar-refractivity contribution is -0.120. The van der Waals surface area contributed by atoms with Gasteiger partial charge in [0.1, 0.15) is 5.82 Å². The second kappa shape index (κ2) is 8.47. The van der Waals surface area contributed by atoms with Crippen molar-refractivity contribution in [3.63, 3.8) is 0 Å². The van der Waals surface area contributed by atoms with Crippen LogP contribution in [0.25, 0.3) is 11.0 Å². The van der Waals surface area contributed by atoms with Gasteiger partial charge in [-0.15, -0.1) is 24.2 Å². The second-order valence-electron chi connectivity index (χ2n) is 4.93. The number of carbonyl (C=O) groups excluding carboxylic acids is 1. The molecule has 23 heavy (non-hydrogen) atoms. The molecule has 0 aliphatic rings. The molecule has 5 nitrogen and oxygen atoms in total. The fourth-order valence-corrected chi connectivity index (χ4v) is 2.57. The highest BCUT2D eigenvalue weighted by Crippen LogP contribution is 2.27. The lowest BCUT2D eigenvalue weighted by Crippen LogP contribution is -2.42. The minimum Gasteiger partial charge on any atom is -0.349 e. The van der Waals surface area contributed by atoms with E-state index in [-0.39, 0.29) is 23.4 Å². The van der Waals surface area contributed by atoms with Crippen LogP contribution in [0.5, 0.6) is 0 Å². The molecule has 0 spiro atoms. The Balaban J connectivity index is 0.00000264. The van der Waals surface area contributed by atoms with Crippen molar-refractivity contribution in [3.8, 4) is 0 Å². The number of aromatic amines is 1. The predicted octanol–water partition coefficient (Wildman–Crippen LogP) is 2.49. The molecule has 0 saturated carbocycles. The van der Waals surface area contributed by atoms with Crippen LogP contribution in [0.4, 0.5) is 8.78 Å². The van der Waals surface area contributed by atoms with Gasteiger partial charge in [0.15, 0.2) is 0 Å². The quantitative estimate of drug-likeness (QED) is 0.704. The summed E-state index contributed by atoms with van der Waals surface area (Å²) in [5, 5.41) is 2.14. The van der Waals surface area contributed by atoms with Gasteiger partial charge in [-0.05, 0) is 19.1 Å². The Morgan fingerprint density at radius 2 is 2.17 bits per heavy atom. The van der Waals surface area contributed by atoms with E-state index in [2.05, 4.69) is 15.3 Å². The molecule has 1 amide bonds. The van der Waals surface area contributed by atoms with Crippen molar-refractivity contribution in [1.82, 2.24) is 15.3 Å². The van der Waals surface area contributed by atoms with Crippen molar-refractivity contribution in [3.05, 3.63) is 30.1 Å². The zero-order valence-corrected chi connectivity index (χ0v) is 14.1. The summed E-state index contributed by atoms with van der Waals surface area (Å²) in [5.41, 5.74) is 6.69. The molecule has 1 aromatic carbocycles. The molecule has 0 fully saturated rings. The van der Waals surface area contributed by atoms with E-state index in [0.29, 0.717) is 0 Å². The summed E-state index contributed by atoms with van der Waals surface area (Å²) < 4.78 is 25.9. The topological polar surface area (TPSA) is 83.8 Å². The Bertz CT molecular complexity index is 619. The van der Waals surface area contributed by atoms with Gasteiger partial charge in [0.05, 0.1) is 35.1 Å². The number of imidazole rings is 1. The fraction of sp³-hybridized carbons (Fsp3) is 0.429. The van der Waals surface area contributed by atoms with E-state index < -0.39 is 24.9 Å². The van der Waals surface area contributed by atoms with E-state index in [9.17, 15) is 13.6 Å². The third-order valence-corrected chi connectivity index (χ3v) is 4.25. The van der Waals surface area contributed by atoms with Crippen molar-refractivity contribution in [2.45, 2.75) is 18.1 Å². The summed E-state index contributed by atoms with van der Waals surface area (Å²) in [4.78, 5) is 19.2. The van der Waals surface area contributed by atoms with E-state index in [0.717, 1.165) is 16.9 Å². The van der Waals surface area contributed by atoms with Gasteiger partial charge in [-0.1, -0.05) is 12.1 Å². The lowest BCUT2D eigenvalue weighted by Gasteiger charge is -2.15. The number of H-pyrrole nitrogens is 1. The molecule has 0 bridgehead atoms. The van der Waals surface area contributed by atoms with E-state index in [4.69, 9.17) is 5.73 Å². The number of nitrogens with one attached hydrogen (secondary N) is 2. The van der Waals surface area contributed by atoms with Gasteiger partial charge >= 0.3 is 0 Å². The van der Waals surface area contributed by atoms with Gasteiger partial charge in [-0.25, -0.2) is 13.8 Å². The van der Waals surface area contributed by atoms with Crippen LogP contribution in [0.3, 0.4) is 0 Å². The molecule has 1 unspecified atom stereocenters. The Kier molecular flexibility index (Phi) is 7.24. The Morgan fingerprint density at radius 1 is 1.48 bits per heavy atom. The van der Waals surface area contributed by atoms with Crippen molar-refractivity contribution >= 4 is 41.1 Å². The predicted molar refractivity (Wildman–Crippen MR) is 91.2 cm³/mol. The molecule has 0 aliphatic heterocycles. The number of nitrogens with two attached hydrogens (primary N) is 1. The maximum atomic E-state index is 12.9. The SMILES string of the molecule is CC(SCC(=O)NCC(F)(F)CN)c1nc2ccccc2[nH]1.Cl. The number of para-hydroxylation sites is 2. The number of nitrogens with zero attached hydrogens (tertiary/aromatic N) is 1. The standard InChI is InChI=1S/C14H18F2N4OS.ClH/c1-9(13-19-10-4-2-3-5-11(10)20-13)22-6-12(21)18-8-14(15,16)7-17;/h2-5,9H,6-8,17H2,1H3,(H,18,21)(H,19,20);1H. The molecular formula is C14H19ClF2N4OS. The van der Waals surface area contributed by atoms with E-state index in [1.54, 1.807) is 0 Å². The highest BCUT2D eigenvalue weighted by Gasteiger charge is 2.27. The Hall–Kier alpha value is -1.38. The first kappa shape index (κ1) is 19.7. The van der Waals surface area contributed by atoms with E-state index >= 15 is 0 Å². The van der Waals surface area contributed by atoms with E-state index in [1.807, 2.05) is 31.2 Å². The molecule has 1 heterocycles. The van der Waals surface area contributed by atoms with Crippen LogP contribution in [0.2, 0.25) is 0 Å². The summed E-state index contributed by atoms with van der Waals surface area (Å²) in [6.45, 7) is 0.391. The van der Waals surface area contributed by atoms with Gasteiger partial charge < -0.3 is 16.0 Å². The highest BCUT2D eigenvalue weighted by atomic mass is 35.5. The first-order valence-electron chi connectivity index (χ1n) is 6.82. The molecule has 128 valence electrons. The molecule has 1 aromatic heterocycles. The van der Waals surface area contributed by atoms with Gasteiger partial charge in [0.25, 0.3) is 5.92 Å². The number of fused-ring (bicyclic) bond motifs is 1. The summed E-state index contributed by atoms with van der Waals surface area (Å²) in [6, 6.07) is 7.63. The van der Waals surface area contributed by atoms with Crippen molar-refractivity contribution < 1.29 is 13.6 Å². The molecule has 2 rings (SSSR count). The number of thioether (sulfide) groups is 1. The molecular weight excluding hydrogens is 346 g/mol. The van der Waals surface area contributed by atoms with Crippen LogP contribution >= 0.6 is 24.2 Å². The van der Waals surface area contributed by atoms with Gasteiger partial charge in [-0.3, -0.25) is 4.79 Å². The maximum Gasteiger partial charge on any atom is 0.277 e. The smallest absolute Gasteiger partial charge is 0.277 e. The van der Waals surface area contributed by atoms with Crippen LogP contribution in [-0.4, -0.2) is 40.6 Å². The number of alkyl halides is 2. The van der Waals surface area contributed by atoms with Crippen LogP contribution < -0.4 is 11.1 Å². The monoisotopic (exact) mass is 364 g/mol. The number of carbonyl (C=O) groups is 1. The van der Waals surface area contributed by atoms with Crippen LogP contribution in [-0.2, 0) is 4.79 Å². The number of hydrogen-bond donors (Lipinski definition) is 3. The minimum atomic E-state index is -3.06. The number of aromatic nitrogens is 2. The van der Waals surface area contributed by atoms with E-state index in [1.165, 1.54) is 11.8 Å². The van der Waals surface area contributed by atoms with Gasteiger partial charge in [-0.2, -0.15) is 0 Å². The summed E-state index contributed by atoms with van der Waals surface area (Å²) in [6.07, 6.45) is 0. The Labute approximate surface area is 143 Å². The molecule has 4 N–H and O–H groups in total. The summed E-state index contributed by atoms with van der Waals surface area (Å²) in [7, 11) is 0. The lowest BCUT2D eigenvalue weighted by atomic mass is 10.3. The first-order chi connectivity index (χ1) is 10.4. The summed E-state index contributed by atoms with van der Waals surface area (Å²) >= 11 is 1.33. The van der Waals surface area contributed by atoms with Crippen LogP contribution in [0.1, 0.15) is 18.0 Å². The average Bonchev–Trinajstić information content (AvgIpc) is 2.94. The number of halogens is 3. The number of benzene rings is 1. The molecule has 9 heteroatoms. The van der Waals surface area contributed by atoms with Gasteiger partial charge in [0.2, 0.25) is 5.91 Å². The fourth-order valence-electron chi connectivity index (χ4n) is 1.80. The number of rotatable bonds is 7. The van der Waals surface area contributed by atoms with Crippen LogP contribution in [0, 0.1) is 0 Å². The Morgan fingerprint density at radius 3 is 2.83 bits per heavy atom. The first-order valence-corrected chi connectivity index (χ1v) is 7.87. The minimum absolute atomic E-state index is 0. The van der Waals surface area contributed by atoms with Crippen molar-refractivity contribution in [2.24, 2.45) is 5.73 Å². The van der Waals surface area contributed by atoms with Crippen molar-refractivity contribution in [1.29, 1.82) is 0 Å². The highest BCUT2D eigenvalue weighted by molar-refractivity contribution is 8.00. The number of hydrogen-bond acceptors (Lipinski definition) is 4. The second-order valence-corrected chi connectivity index (χ2v) is 6.26. The zero-order chi connectivity index (χ0) is 16.2. The van der Waals surface area contributed by atoms with Gasteiger partial charge in [0, 0.05) is 0 Å². The molecule has 0 saturated heterocycles. The molecule has 1 atom stereocenters. The largest absolute Gasteiger partial charge is 0.349 e. The average molecular weight is 365 g/mol. The maximum absolute atomic E-state index is 12.9. The third-order valence-electron chi connectivity index (χ3n) is 3.10. The normalized spacial score (nSPS) is 12.7.